The van der Waals surface area contributed by atoms with Gasteiger partial charge in [0.15, 0.2) is 6.61 Å². The number of fused-ring (bicyclic) bond motifs is 1. The number of nitrogens with zero attached hydrogens (tertiary/aromatic N) is 1. The number of pyridine rings is 1. The number of aryl methyl sites for hydroxylation is 2. The highest BCUT2D eigenvalue weighted by molar-refractivity contribution is 5.99. The number of esters is 1. The number of hydrogen-bond donors (Lipinski definition) is 1. The predicted molar refractivity (Wildman–Crippen MR) is 82.7 cm³/mol. The second-order valence-electron chi connectivity index (χ2n) is 5.63. The standard InChI is InChI=1S/C17H18N2O3/c1-10-13-5-3-4-6-14(13)18-11(2)16(10)17(21)22-9-15(20)19-12-7-8-12/h3-6,12H,7-9H2,1-2H3,(H,19,20). The average Bonchev–Trinajstić information content (AvgIpc) is 3.29. The maximum Gasteiger partial charge on any atom is 0.340 e. The highest BCUT2D eigenvalue weighted by Gasteiger charge is 2.24. The molecule has 22 heavy (non-hydrogen) atoms. The fourth-order valence-electron chi connectivity index (χ4n) is 2.53. The fourth-order valence-corrected chi connectivity index (χ4v) is 2.53. The van der Waals surface area contributed by atoms with Crippen molar-refractivity contribution in [1.82, 2.24) is 10.3 Å². The van der Waals surface area contributed by atoms with E-state index in [0.717, 1.165) is 29.3 Å². The molecule has 1 aromatic heterocycles. The molecule has 0 aliphatic heterocycles. The van der Waals surface area contributed by atoms with E-state index in [1.807, 2.05) is 31.2 Å². The first-order valence-corrected chi connectivity index (χ1v) is 7.38. The van der Waals surface area contributed by atoms with Gasteiger partial charge in [0, 0.05) is 11.4 Å². The molecule has 1 aliphatic carbocycles. The van der Waals surface area contributed by atoms with Gasteiger partial charge in [0.1, 0.15) is 0 Å². The Hall–Kier alpha value is -2.43. The van der Waals surface area contributed by atoms with Crippen molar-refractivity contribution in [3.05, 3.63) is 41.1 Å². The highest BCUT2D eigenvalue weighted by Crippen LogP contribution is 2.23. The van der Waals surface area contributed by atoms with E-state index in [1.54, 1.807) is 6.92 Å². The minimum Gasteiger partial charge on any atom is -0.452 e. The Labute approximate surface area is 128 Å². The highest BCUT2D eigenvalue weighted by atomic mass is 16.5. The van der Waals surface area contributed by atoms with Gasteiger partial charge in [0.05, 0.1) is 16.8 Å². The number of carbonyl (C=O) groups is 2. The Kier molecular flexibility index (Phi) is 3.79. The van der Waals surface area contributed by atoms with Crippen LogP contribution in [0.5, 0.6) is 0 Å². The summed E-state index contributed by atoms with van der Waals surface area (Å²) in [6.45, 7) is 3.40. The lowest BCUT2D eigenvalue weighted by atomic mass is 10.0. The molecule has 5 nitrogen and oxygen atoms in total. The van der Waals surface area contributed by atoms with E-state index in [-0.39, 0.29) is 18.6 Å². The van der Waals surface area contributed by atoms with Crippen LogP contribution >= 0.6 is 0 Å². The van der Waals surface area contributed by atoms with Gasteiger partial charge in [-0.3, -0.25) is 9.78 Å². The molecule has 0 saturated heterocycles. The van der Waals surface area contributed by atoms with Crippen LogP contribution in [-0.4, -0.2) is 29.5 Å². The third-order valence-electron chi connectivity index (χ3n) is 3.81. The largest absolute Gasteiger partial charge is 0.452 e. The Morgan fingerprint density at radius 2 is 2.00 bits per heavy atom. The second kappa shape index (κ2) is 5.75. The Morgan fingerprint density at radius 3 is 2.73 bits per heavy atom. The van der Waals surface area contributed by atoms with Gasteiger partial charge in [0.2, 0.25) is 0 Å². The van der Waals surface area contributed by atoms with Gasteiger partial charge in [-0.1, -0.05) is 18.2 Å². The molecule has 0 atom stereocenters. The summed E-state index contributed by atoms with van der Waals surface area (Å²) in [6.07, 6.45) is 2.01. The monoisotopic (exact) mass is 298 g/mol. The number of benzene rings is 1. The maximum atomic E-state index is 12.3. The fraction of sp³-hybridized carbons (Fsp3) is 0.353. The molecule has 0 unspecified atom stereocenters. The number of ether oxygens (including phenoxy) is 1. The molecular formula is C17H18N2O3. The van der Waals surface area contributed by atoms with Crippen LogP contribution in [0.2, 0.25) is 0 Å². The molecule has 0 spiro atoms. The molecule has 2 aromatic rings. The number of amides is 1. The normalized spacial score (nSPS) is 13.9. The lowest BCUT2D eigenvalue weighted by molar-refractivity contribution is -0.124. The van der Waals surface area contributed by atoms with E-state index >= 15 is 0 Å². The molecule has 5 heteroatoms. The Balaban J connectivity index is 1.79. The summed E-state index contributed by atoms with van der Waals surface area (Å²) in [6, 6.07) is 7.91. The van der Waals surface area contributed by atoms with Crippen LogP contribution in [0.4, 0.5) is 0 Å². The zero-order chi connectivity index (χ0) is 15.7. The molecular weight excluding hydrogens is 280 g/mol. The lowest BCUT2D eigenvalue weighted by Gasteiger charge is -2.12. The first-order valence-electron chi connectivity index (χ1n) is 7.38. The molecule has 1 aliphatic rings. The lowest BCUT2D eigenvalue weighted by Crippen LogP contribution is -2.30. The van der Waals surface area contributed by atoms with Gasteiger partial charge in [-0.25, -0.2) is 4.79 Å². The van der Waals surface area contributed by atoms with E-state index in [1.165, 1.54) is 0 Å². The van der Waals surface area contributed by atoms with Gasteiger partial charge in [0.25, 0.3) is 5.91 Å². The predicted octanol–water partition coefficient (Wildman–Crippen LogP) is 2.29. The smallest absolute Gasteiger partial charge is 0.340 e. The van der Waals surface area contributed by atoms with Crippen molar-refractivity contribution in [2.45, 2.75) is 32.7 Å². The molecule has 1 heterocycles. The third kappa shape index (κ3) is 2.93. The number of hydrogen-bond acceptors (Lipinski definition) is 4. The van der Waals surface area contributed by atoms with Crippen LogP contribution in [0.1, 0.15) is 34.5 Å². The Morgan fingerprint density at radius 1 is 1.27 bits per heavy atom. The SMILES string of the molecule is Cc1nc2ccccc2c(C)c1C(=O)OCC(=O)NC1CC1. The number of nitrogens with one attached hydrogen (secondary N) is 1. The van der Waals surface area contributed by atoms with Crippen molar-refractivity contribution >= 4 is 22.8 Å². The topological polar surface area (TPSA) is 68.3 Å². The molecule has 1 N–H and O–H groups in total. The van der Waals surface area contributed by atoms with E-state index in [2.05, 4.69) is 10.3 Å². The zero-order valence-electron chi connectivity index (χ0n) is 12.7. The van der Waals surface area contributed by atoms with Crippen LogP contribution in [0, 0.1) is 13.8 Å². The van der Waals surface area contributed by atoms with E-state index in [0.29, 0.717) is 11.3 Å². The number of para-hydroxylation sites is 1. The van der Waals surface area contributed by atoms with Crippen LogP contribution < -0.4 is 5.32 Å². The van der Waals surface area contributed by atoms with E-state index in [9.17, 15) is 9.59 Å². The van der Waals surface area contributed by atoms with Crippen molar-refractivity contribution in [2.75, 3.05) is 6.61 Å². The van der Waals surface area contributed by atoms with Gasteiger partial charge >= 0.3 is 5.97 Å². The van der Waals surface area contributed by atoms with E-state index in [4.69, 9.17) is 4.74 Å². The van der Waals surface area contributed by atoms with Crippen LogP contribution in [0.25, 0.3) is 10.9 Å². The van der Waals surface area contributed by atoms with Gasteiger partial charge in [-0.2, -0.15) is 0 Å². The minimum atomic E-state index is -0.501. The summed E-state index contributed by atoms with van der Waals surface area (Å²) in [5.74, 6) is -0.751. The molecule has 3 rings (SSSR count). The quantitative estimate of drug-likeness (QED) is 0.879. The molecule has 0 bridgehead atoms. The Bertz CT molecular complexity index is 751. The van der Waals surface area contributed by atoms with Crippen LogP contribution in [0.3, 0.4) is 0 Å². The van der Waals surface area contributed by atoms with E-state index < -0.39 is 5.97 Å². The summed E-state index contributed by atoms with van der Waals surface area (Å²) in [7, 11) is 0. The third-order valence-corrected chi connectivity index (χ3v) is 3.81. The summed E-state index contributed by atoms with van der Waals surface area (Å²) < 4.78 is 5.14. The summed E-state index contributed by atoms with van der Waals surface area (Å²) in [5, 5.41) is 3.71. The molecule has 114 valence electrons. The van der Waals surface area contributed by atoms with Gasteiger partial charge in [-0.05, 0) is 38.3 Å². The number of rotatable bonds is 4. The first-order chi connectivity index (χ1) is 10.6. The number of carbonyl (C=O) groups excluding carboxylic acids is 2. The van der Waals surface area contributed by atoms with Crippen LogP contribution in [-0.2, 0) is 9.53 Å². The van der Waals surface area contributed by atoms with Crippen molar-refractivity contribution in [2.24, 2.45) is 0 Å². The van der Waals surface area contributed by atoms with Crippen molar-refractivity contribution in [3.8, 4) is 0 Å². The van der Waals surface area contributed by atoms with Gasteiger partial charge < -0.3 is 10.1 Å². The maximum absolute atomic E-state index is 12.3. The molecule has 0 radical (unpaired) electrons. The minimum absolute atomic E-state index is 0.249. The molecule has 1 amide bonds. The first kappa shape index (κ1) is 14.5. The average molecular weight is 298 g/mol. The van der Waals surface area contributed by atoms with Crippen molar-refractivity contribution in [3.63, 3.8) is 0 Å². The summed E-state index contributed by atoms with van der Waals surface area (Å²) in [4.78, 5) is 28.3. The van der Waals surface area contributed by atoms with Crippen LogP contribution in [0.15, 0.2) is 24.3 Å². The van der Waals surface area contributed by atoms with Gasteiger partial charge in [-0.15, -0.1) is 0 Å². The summed E-state index contributed by atoms with van der Waals surface area (Å²) in [5.41, 5.74) is 2.73. The zero-order valence-corrected chi connectivity index (χ0v) is 12.7. The number of aromatic nitrogens is 1. The molecule has 1 fully saturated rings. The molecule has 1 aromatic carbocycles. The van der Waals surface area contributed by atoms with Crippen molar-refractivity contribution in [1.29, 1.82) is 0 Å². The summed E-state index contributed by atoms with van der Waals surface area (Å²) >= 11 is 0. The van der Waals surface area contributed by atoms with Crippen molar-refractivity contribution < 1.29 is 14.3 Å². The molecule has 1 saturated carbocycles. The second-order valence-corrected chi connectivity index (χ2v) is 5.63.